The fraction of sp³-hybridized carbons (Fsp3) is 0.947. The summed E-state index contributed by atoms with van der Waals surface area (Å²) in [4.78, 5) is 17.0. The number of rotatable bonds is 6. The average Bonchev–Trinajstić information content (AvgIpc) is 2.62. The van der Waals surface area contributed by atoms with E-state index >= 15 is 0 Å². The van der Waals surface area contributed by atoms with Crippen molar-refractivity contribution in [2.24, 2.45) is 5.92 Å². The number of amides is 1. The highest BCUT2D eigenvalue weighted by molar-refractivity contribution is 7.92. The van der Waals surface area contributed by atoms with E-state index in [2.05, 4.69) is 29.0 Å². The Morgan fingerprint density at radius 1 is 1.22 bits per heavy atom. The smallest absolute Gasteiger partial charge is 0.234 e. The van der Waals surface area contributed by atoms with Gasteiger partial charge in [0.2, 0.25) is 5.91 Å². The van der Waals surface area contributed by atoms with Crippen LogP contribution >= 0.6 is 0 Å². The zero-order valence-electron chi connectivity index (χ0n) is 16.7. The number of hydrogen-bond acceptors (Lipinski definition) is 6. The molecule has 156 valence electrons. The van der Waals surface area contributed by atoms with E-state index in [1.165, 1.54) is 0 Å². The van der Waals surface area contributed by atoms with Crippen molar-refractivity contribution < 1.29 is 17.9 Å². The van der Waals surface area contributed by atoms with Gasteiger partial charge in [0, 0.05) is 38.8 Å². The van der Waals surface area contributed by atoms with Gasteiger partial charge in [-0.25, -0.2) is 8.42 Å². The number of nitrogens with one attached hydrogen (secondary N) is 1. The molecular formula is C19H35N3O4S. The van der Waals surface area contributed by atoms with Crippen molar-refractivity contribution in [2.75, 3.05) is 51.6 Å². The molecule has 8 heteroatoms. The molecule has 0 aromatic carbocycles. The SMILES string of the molecule is CC(C)CN1CCO[C@H](CNC(=O)CN2CCS(=O)(=O)[C@@H]3CCCC[C@H]32)C1. The van der Waals surface area contributed by atoms with Gasteiger partial charge in [-0.05, 0) is 18.8 Å². The summed E-state index contributed by atoms with van der Waals surface area (Å²) in [5.41, 5.74) is 0. The Morgan fingerprint density at radius 2 is 2.00 bits per heavy atom. The highest BCUT2D eigenvalue weighted by Crippen LogP contribution is 2.31. The van der Waals surface area contributed by atoms with Crippen molar-refractivity contribution >= 4 is 15.7 Å². The molecule has 1 N–H and O–H groups in total. The first kappa shape index (κ1) is 21.0. The topological polar surface area (TPSA) is 79.0 Å². The molecule has 0 unspecified atom stereocenters. The maximum absolute atomic E-state index is 12.5. The quantitative estimate of drug-likeness (QED) is 0.698. The Bertz CT molecular complexity index is 610. The molecule has 0 aromatic rings. The lowest BCUT2D eigenvalue weighted by atomic mass is 9.93. The highest BCUT2D eigenvalue weighted by atomic mass is 32.2. The summed E-state index contributed by atoms with van der Waals surface area (Å²) in [5, 5.41) is 2.73. The molecule has 0 radical (unpaired) electrons. The maximum atomic E-state index is 12.5. The summed E-state index contributed by atoms with van der Waals surface area (Å²) in [6.07, 6.45) is 3.69. The number of ether oxygens (including phenoxy) is 1. The van der Waals surface area contributed by atoms with Crippen molar-refractivity contribution in [3.05, 3.63) is 0 Å². The molecule has 1 aliphatic carbocycles. The third kappa shape index (κ3) is 5.65. The van der Waals surface area contributed by atoms with Crippen LogP contribution in [0.25, 0.3) is 0 Å². The van der Waals surface area contributed by atoms with Crippen LogP contribution in [0.3, 0.4) is 0 Å². The number of carbonyl (C=O) groups excluding carboxylic acids is 1. The van der Waals surface area contributed by atoms with Crippen LogP contribution in [0.5, 0.6) is 0 Å². The van der Waals surface area contributed by atoms with E-state index in [9.17, 15) is 13.2 Å². The van der Waals surface area contributed by atoms with Crippen molar-refractivity contribution in [1.29, 1.82) is 0 Å². The second-order valence-corrected chi connectivity index (χ2v) is 11.0. The molecule has 2 heterocycles. The standard InChI is InChI=1S/C19H35N3O4S/c1-15(2)12-21-7-9-26-16(13-21)11-20-19(23)14-22-8-10-27(24,25)18-6-4-3-5-17(18)22/h15-18H,3-14H2,1-2H3,(H,20,23)/t16-,17-,18-/m1/s1. The van der Waals surface area contributed by atoms with Crippen LogP contribution in [-0.4, -0.2) is 93.1 Å². The van der Waals surface area contributed by atoms with Gasteiger partial charge in [0.15, 0.2) is 9.84 Å². The molecule has 2 saturated heterocycles. The van der Waals surface area contributed by atoms with Crippen molar-refractivity contribution in [1.82, 2.24) is 15.1 Å². The zero-order chi connectivity index (χ0) is 19.4. The molecule has 0 bridgehead atoms. The molecule has 3 aliphatic rings. The lowest BCUT2D eigenvalue weighted by molar-refractivity contribution is -0.124. The van der Waals surface area contributed by atoms with Crippen molar-refractivity contribution in [3.8, 4) is 0 Å². The van der Waals surface area contributed by atoms with E-state index in [0.29, 0.717) is 32.2 Å². The molecule has 1 saturated carbocycles. The van der Waals surface area contributed by atoms with E-state index < -0.39 is 9.84 Å². The van der Waals surface area contributed by atoms with Gasteiger partial charge in [0.25, 0.3) is 0 Å². The monoisotopic (exact) mass is 401 g/mol. The van der Waals surface area contributed by atoms with Crippen LogP contribution in [0.4, 0.5) is 0 Å². The van der Waals surface area contributed by atoms with E-state index in [1.54, 1.807) is 0 Å². The summed E-state index contributed by atoms with van der Waals surface area (Å²) in [6.45, 7) is 9.28. The molecule has 3 rings (SSSR count). The van der Waals surface area contributed by atoms with E-state index in [-0.39, 0.29) is 29.1 Å². The van der Waals surface area contributed by atoms with Crippen LogP contribution < -0.4 is 5.32 Å². The second-order valence-electron chi connectivity index (χ2n) is 8.68. The normalized spacial score (nSPS) is 32.2. The van der Waals surface area contributed by atoms with Gasteiger partial charge >= 0.3 is 0 Å². The molecule has 2 aliphatic heterocycles. The predicted octanol–water partition coefficient (Wildman–Crippen LogP) is 0.501. The number of hydrogen-bond donors (Lipinski definition) is 1. The summed E-state index contributed by atoms with van der Waals surface area (Å²) < 4.78 is 30.5. The summed E-state index contributed by atoms with van der Waals surface area (Å²) in [6, 6.07) is 0.00992. The zero-order valence-corrected chi connectivity index (χ0v) is 17.5. The van der Waals surface area contributed by atoms with Crippen LogP contribution in [-0.2, 0) is 19.4 Å². The lowest BCUT2D eigenvalue weighted by Crippen LogP contribution is -2.58. The van der Waals surface area contributed by atoms with Gasteiger partial charge in [-0.1, -0.05) is 26.7 Å². The Morgan fingerprint density at radius 3 is 2.78 bits per heavy atom. The Hall–Kier alpha value is -0.700. The molecule has 1 amide bonds. The van der Waals surface area contributed by atoms with Gasteiger partial charge in [-0.3, -0.25) is 14.6 Å². The van der Waals surface area contributed by atoms with Crippen LogP contribution in [0.1, 0.15) is 39.5 Å². The average molecular weight is 402 g/mol. The summed E-state index contributed by atoms with van der Waals surface area (Å²) >= 11 is 0. The Balaban J connectivity index is 1.46. The Kier molecular flexibility index (Phi) is 7.16. The minimum atomic E-state index is -3.00. The number of nitrogens with zero attached hydrogens (tertiary/aromatic N) is 2. The molecule has 3 atom stereocenters. The molecule has 0 aromatic heterocycles. The van der Waals surface area contributed by atoms with E-state index in [4.69, 9.17) is 4.74 Å². The van der Waals surface area contributed by atoms with E-state index in [0.717, 1.165) is 45.3 Å². The number of morpholine rings is 1. The van der Waals surface area contributed by atoms with Crippen LogP contribution in [0, 0.1) is 5.92 Å². The third-order valence-electron chi connectivity index (χ3n) is 5.98. The molecule has 27 heavy (non-hydrogen) atoms. The fourth-order valence-electron chi connectivity index (χ4n) is 4.73. The lowest BCUT2D eigenvalue weighted by Gasteiger charge is -2.43. The minimum Gasteiger partial charge on any atom is -0.374 e. The van der Waals surface area contributed by atoms with Gasteiger partial charge in [-0.15, -0.1) is 0 Å². The summed E-state index contributed by atoms with van der Waals surface area (Å²) in [7, 11) is -3.00. The molecule has 0 spiro atoms. The molecular weight excluding hydrogens is 366 g/mol. The first-order chi connectivity index (χ1) is 12.8. The summed E-state index contributed by atoms with van der Waals surface area (Å²) in [5.74, 6) is 0.775. The fourth-order valence-corrected chi connectivity index (χ4v) is 6.83. The highest BCUT2D eigenvalue weighted by Gasteiger charge is 2.42. The van der Waals surface area contributed by atoms with E-state index in [1.807, 2.05) is 0 Å². The van der Waals surface area contributed by atoms with Gasteiger partial charge < -0.3 is 10.1 Å². The van der Waals surface area contributed by atoms with Gasteiger partial charge in [0.05, 0.1) is 30.3 Å². The minimum absolute atomic E-state index is 0.00992. The number of sulfone groups is 1. The first-order valence-electron chi connectivity index (χ1n) is 10.4. The van der Waals surface area contributed by atoms with Crippen LogP contribution in [0.15, 0.2) is 0 Å². The first-order valence-corrected chi connectivity index (χ1v) is 12.1. The van der Waals surface area contributed by atoms with Crippen LogP contribution in [0.2, 0.25) is 0 Å². The molecule has 7 nitrogen and oxygen atoms in total. The van der Waals surface area contributed by atoms with Gasteiger partial charge in [-0.2, -0.15) is 0 Å². The van der Waals surface area contributed by atoms with Gasteiger partial charge in [0.1, 0.15) is 0 Å². The van der Waals surface area contributed by atoms with Crippen molar-refractivity contribution in [2.45, 2.75) is 56.9 Å². The second kappa shape index (κ2) is 9.20. The van der Waals surface area contributed by atoms with Crippen molar-refractivity contribution in [3.63, 3.8) is 0 Å². The maximum Gasteiger partial charge on any atom is 0.234 e. The Labute approximate surface area is 163 Å². The number of fused-ring (bicyclic) bond motifs is 1. The largest absolute Gasteiger partial charge is 0.374 e. The molecule has 3 fully saturated rings. The third-order valence-corrected chi connectivity index (χ3v) is 8.20. The number of carbonyl (C=O) groups is 1. The predicted molar refractivity (Wildman–Crippen MR) is 105 cm³/mol.